The van der Waals surface area contributed by atoms with E-state index in [1.54, 1.807) is 12.1 Å². The van der Waals surface area contributed by atoms with E-state index < -0.39 is 5.41 Å². The van der Waals surface area contributed by atoms with Crippen LogP contribution in [0, 0.1) is 5.41 Å². The van der Waals surface area contributed by atoms with E-state index in [9.17, 15) is 4.79 Å². The Morgan fingerprint density at radius 1 is 1.04 bits per heavy atom. The molecule has 138 valence electrons. The van der Waals surface area contributed by atoms with Gasteiger partial charge in [0, 0.05) is 18.5 Å². The average molecular weight is 355 g/mol. The second kappa shape index (κ2) is 7.70. The Morgan fingerprint density at radius 3 is 2.35 bits per heavy atom. The molecule has 1 amide bonds. The number of nitrogens with zero attached hydrogens (tertiary/aromatic N) is 3. The van der Waals surface area contributed by atoms with Gasteiger partial charge in [0.2, 0.25) is 5.91 Å². The van der Waals surface area contributed by atoms with Crippen LogP contribution in [-0.2, 0) is 9.53 Å². The van der Waals surface area contributed by atoms with E-state index >= 15 is 0 Å². The number of rotatable bonds is 4. The first kappa shape index (κ1) is 18.1. The van der Waals surface area contributed by atoms with Gasteiger partial charge in [-0.1, -0.05) is 32.9 Å². The zero-order chi connectivity index (χ0) is 18.6. The average Bonchev–Trinajstić information content (AvgIpc) is 2.64. The van der Waals surface area contributed by atoms with Crippen molar-refractivity contribution in [3.63, 3.8) is 0 Å². The second-order valence-corrected chi connectivity index (χ2v) is 7.25. The second-order valence-electron chi connectivity index (χ2n) is 7.25. The summed E-state index contributed by atoms with van der Waals surface area (Å²) < 4.78 is 5.43. The number of para-hydroxylation sites is 2. The van der Waals surface area contributed by atoms with Gasteiger partial charge in [0.1, 0.15) is 0 Å². The predicted octanol–water partition coefficient (Wildman–Crippen LogP) is 3.04. The van der Waals surface area contributed by atoms with E-state index in [2.05, 4.69) is 31.8 Å². The number of hydrogen-bond donors (Lipinski definition) is 2. The van der Waals surface area contributed by atoms with Crippen molar-refractivity contribution in [1.29, 1.82) is 0 Å². The molecule has 3 rings (SSSR count). The Bertz CT molecular complexity index is 749. The molecule has 7 heteroatoms. The molecular formula is C19H25N5O2. The highest BCUT2D eigenvalue weighted by Gasteiger charge is 2.21. The number of nitrogens with one attached hydrogen (secondary N) is 2. The third kappa shape index (κ3) is 4.49. The lowest BCUT2D eigenvalue weighted by molar-refractivity contribution is -0.123. The molecule has 2 heterocycles. The van der Waals surface area contributed by atoms with Crippen molar-refractivity contribution in [2.45, 2.75) is 20.8 Å². The van der Waals surface area contributed by atoms with E-state index in [1.165, 1.54) is 0 Å². The molecule has 1 aromatic heterocycles. The quantitative estimate of drug-likeness (QED) is 0.878. The molecule has 0 aliphatic carbocycles. The summed E-state index contributed by atoms with van der Waals surface area (Å²) in [6.07, 6.45) is 0. The van der Waals surface area contributed by atoms with Crippen LogP contribution in [0.15, 0.2) is 36.4 Å². The van der Waals surface area contributed by atoms with Gasteiger partial charge < -0.3 is 20.3 Å². The van der Waals surface area contributed by atoms with Crippen LogP contribution in [0.2, 0.25) is 0 Å². The number of anilines is 4. The van der Waals surface area contributed by atoms with Gasteiger partial charge in [-0.2, -0.15) is 0 Å². The molecule has 0 radical (unpaired) electrons. The smallest absolute Gasteiger partial charge is 0.230 e. The van der Waals surface area contributed by atoms with Gasteiger partial charge in [-0.25, -0.2) is 0 Å². The zero-order valence-corrected chi connectivity index (χ0v) is 15.5. The van der Waals surface area contributed by atoms with Crippen LogP contribution < -0.4 is 15.5 Å². The summed E-state index contributed by atoms with van der Waals surface area (Å²) in [5.74, 6) is 0.974. The minimum Gasteiger partial charge on any atom is -0.378 e. The van der Waals surface area contributed by atoms with Crippen molar-refractivity contribution in [1.82, 2.24) is 10.2 Å². The molecule has 7 nitrogen and oxygen atoms in total. The number of amides is 1. The highest BCUT2D eigenvalue weighted by atomic mass is 16.5. The van der Waals surface area contributed by atoms with Gasteiger partial charge in [0.25, 0.3) is 0 Å². The number of ether oxygens (including phenoxy) is 1. The SMILES string of the molecule is CC(C)(C)C(=O)Nc1ccc(Nc2ccccc2N2CCOCC2)nn1. The number of hydrogen-bond acceptors (Lipinski definition) is 6. The van der Waals surface area contributed by atoms with Crippen LogP contribution in [0.1, 0.15) is 20.8 Å². The zero-order valence-electron chi connectivity index (χ0n) is 15.5. The summed E-state index contributed by atoms with van der Waals surface area (Å²) in [5.41, 5.74) is 1.60. The predicted molar refractivity (Wildman–Crippen MR) is 103 cm³/mol. The van der Waals surface area contributed by atoms with Crippen molar-refractivity contribution in [3.05, 3.63) is 36.4 Å². The highest BCUT2D eigenvalue weighted by molar-refractivity contribution is 5.93. The fraction of sp³-hybridized carbons (Fsp3) is 0.421. The summed E-state index contributed by atoms with van der Waals surface area (Å²) >= 11 is 0. The topological polar surface area (TPSA) is 79.4 Å². The van der Waals surface area contributed by atoms with Crippen LogP contribution in [-0.4, -0.2) is 42.4 Å². The molecule has 0 unspecified atom stereocenters. The molecule has 1 aromatic carbocycles. The maximum absolute atomic E-state index is 12.0. The summed E-state index contributed by atoms with van der Waals surface area (Å²) in [6.45, 7) is 8.76. The minimum absolute atomic E-state index is 0.0924. The van der Waals surface area contributed by atoms with E-state index in [0.29, 0.717) is 11.6 Å². The maximum Gasteiger partial charge on any atom is 0.230 e. The van der Waals surface area contributed by atoms with E-state index in [1.807, 2.05) is 39.0 Å². The van der Waals surface area contributed by atoms with Crippen LogP contribution in [0.25, 0.3) is 0 Å². The summed E-state index contributed by atoms with van der Waals surface area (Å²) in [7, 11) is 0. The van der Waals surface area contributed by atoms with Crippen LogP contribution >= 0.6 is 0 Å². The molecule has 2 N–H and O–H groups in total. The van der Waals surface area contributed by atoms with E-state index in [4.69, 9.17) is 4.74 Å². The molecule has 0 spiro atoms. The van der Waals surface area contributed by atoms with Gasteiger partial charge in [-0.05, 0) is 24.3 Å². The number of benzene rings is 1. The van der Waals surface area contributed by atoms with E-state index in [-0.39, 0.29) is 5.91 Å². The van der Waals surface area contributed by atoms with E-state index in [0.717, 1.165) is 37.7 Å². The first-order valence-electron chi connectivity index (χ1n) is 8.77. The summed E-state index contributed by atoms with van der Waals surface area (Å²) in [6, 6.07) is 11.7. The van der Waals surface area contributed by atoms with Gasteiger partial charge in [0.15, 0.2) is 11.6 Å². The molecule has 1 saturated heterocycles. The molecular weight excluding hydrogens is 330 g/mol. The lowest BCUT2D eigenvalue weighted by atomic mass is 9.96. The highest BCUT2D eigenvalue weighted by Crippen LogP contribution is 2.28. The number of aromatic nitrogens is 2. The molecule has 1 aliphatic heterocycles. The normalized spacial score (nSPS) is 14.8. The monoisotopic (exact) mass is 355 g/mol. The lowest BCUT2D eigenvalue weighted by Gasteiger charge is -2.30. The molecule has 0 saturated carbocycles. The van der Waals surface area contributed by atoms with Gasteiger partial charge in [0.05, 0.1) is 24.6 Å². The third-order valence-corrected chi connectivity index (χ3v) is 4.11. The molecule has 1 fully saturated rings. The minimum atomic E-state index is -0.476. The third-order valence-electron chi connectivity index (χ3n) is 4.11. The van der Waals surface area contributed by atoms with Crippen LogP contribution in [0.4, 0.5) is 23.0 Å². The van der Waals surface area contributed by atoms with Gasteiger partial charge >= 0.3 is 0 Å². The van der Waals surface area contributed by atoms with Crippen molar-refractivity contribution in [2.75, 3.05) is 41.8 Å². The number of carbonyl (C=O) groups excluding carboxylic acids is 1. The van der Waals surface area contributed by atoms with Crippen LogP contribution in [0.5, 0.6) is 0 Å². The fourth-order valence-electron chi connectivity index (χ4n) is 2.57. The number of morpholine rings is 1. The lowest BCUT2D eigenvalue weighted by Crippen LogP contribution is -2.36. The first-order valence-corrected chi connectivity index (χ1v) is 8.77. The number of carbonyl (C=O) groups is 1. The Kier molecular flexibility index (Phi) is 5.37. The molecule has 0 bridgehead atoms. The van der Waals surface area contributed by atoms with Gasteiger partial charge in [-0.3, -0.25) is 4.79 Å². The van der Waals surface area contributed by atoms with Crippen molar-refractivity contribution >= 4 is 28.9 Å². The molecule has 1 aliphatic rings. The Hall–Kier alpha value is -2.67. The standard InChI is InChI=1S/C19H25N5O2/c1-19(2,3)18(25)21-17-9-8-16(22-23-17)20-14-6-4-5-7-15(14)24-10-12-26-13-11-24/h4-9H,10-13H2,1-3H3,(H,20,22)(H,21,23,25). The Balaban J connectivity index is 1.71. The summed E-state index contributed by atoms with van der Waals surface area (Å²) in [4.78, 5) is 14.3. The molecule has 0 atom stereocenters. The van der Waals surface area contributed by atoms with Crippen LogP contribution in [0.3, 0.4) is 0 Å². The van der Waals surface area contributed by atoms with Crippen molar-refractivity contribution in [3.8, 4) is 0 Å². The molecule has 26 heavy (non-hydrogen) atoms. The van der Waals surface area contributed by atoms with Crippen molar-refractivity contribution in [2.24, 2.45) is 5.41 Å². The maximum atomic E-state index is 12.0. The fourth-order valence-corrected chi connectivity index (χ4v) is 2.57. The Labute approximate surface area is 153 Å². The summed E-state index contributed by atoms with van der Waals surface area (Å²) in [5, 5.41) is 14.4. The van der Waals surface area contributed by atoms with Gasteiger partial charge in [-0.15, -0.1) is 10.2 Å². The first-order chi connectivity index (χ1) is 12.4. The Morgan fingerprint density at radius 2 is 1.69 bits per heavy atom. The molecule has 2 aromatic rings. The largest absolute Gasteiger partial charge is 0.378 e. The van der Waals surface area contributed by atoms with Crippen molar-refractivity contribution < 1.29 is 9.53 Å².